The molecule has 3 rings (SSSR count). The highest BCUT2D eigenvalue weighted by Crippen LogP contribution is 2.32. The highest BCUT2D eigenvalue weighted by molar-refractivity contribution is 9.10. The molecular weight excluding hydrogens is 357 g/mol. The van der Waals surface area contributed by atoms with Gasteiger partial charge in [-0.1, -0.05) is 27.5 Å². The van der Waals surface area contributed by atoms with Gasteiger partial charge in [0.05, 0.1) is 6.61 Å². The van der Waals surface area contributed by atoms with E-state index in [4.69, 9.17) is 16.3 Å². The molecule has 110 valence electrons. The summed E-state index contributed by atoms with van der Waals surface area (Å²) in [5.41, 5.74) is 3.09. The van der Waals surface area contributed by atoms with Crippen LogP contribution in [0.1, 0.15) is 16.7 Å². The molecule has 0 saturated carbocycles. The maximum Gasteiger partial charge on any atom is 0.127 e. The molecule has 2 aromatic rings. The summed E-state index contributed by atoms with van der Waals surface area (Å²) in [7, 11) is 0. The molecule has 2 nitrogen and oxygen atoms in total. The lowest BCUT2D eigenvalue weighted by Crippen LogP contribution is -2.14. The highest BCUT2D eigenvalue weighted by Gasteiger charge is 2.17. The second-order valence-corrected chi connectivity index (χ2v) is 6.28. The Balaban J connectivity index is 1.70. The fourth-order valence-corrected chi connectivity index (χ4v) is 3.14. The van der Waals surface area contributed by atoms with E-state index in [-0.39, 0.29) is 5.82 Å². The minimum atomic E-state index is -0.234. The maximum atomic E-state index is 13.2. The van der Waals surface area contributed by atoms with Gasteiger partial charge < -0.3 is 10.1 Å². The van der Waals surface area contributed by atoms with Crippen molar-refractivity contribution < 1.29 is 9.13 Å². The van der Waals surface area contributed by atoms with Gasteiger partial charge >= 0.3 is 0 Å². The van der Waals surface area contributed by atoms with Crippen LogP contribution in [-0.2, 0) is 19.5 Å². The molecule has 0 fully saturated rings. The van der Waals surface area contributed by atoms with Gasteiger partial charge in [-0.2, -0.15) is 0 Å². The quantitative estimate of drug-likeness (QED) is 0.857. The topological polar surface area (TPSA) is 21.3 Å². The molecule has 0 amide bonds. The van der Waals surface area contributed by atoms with Crippen molar-refractivity contribution in [2.75, 3.05) is 6.61 Å². The summed E-state index contributed by atoms with van der Waals surface area (Å²) in [4.78, 5) is 0. The lowest BCUT2D eigenvalue weighted by molar-refractivity contribution is 0.352. The normalized spacial score (nSPS) is 13.1. The Morgan fingerprint density at radius 1 is 1.19 bits per heavy atom. The molecule has 21 heavy (non-hydrogen) atoms. The summed E-state index contributed by atoms with van der Waals surface area (Å²) >= 11 is 9.56. The zero-order valence-corrected chi connectivity index (χ0v) is 13.6. The third-order valence-electron chi connectivity index (χ3n) is 3.46. The van der Waals surface area contributed by atoms with Gasteiger partial charge in [0.25, 0.3) is 0 Å². The van der Waals surface area contributed by atoms with Crippen LogP contribution in [0.2, 0.25) is 5.02 Å². The lowest BCUT2D eigenvalue weighted by Gasteiger charge is -2.11. The monoisotopic (exact) mass is 369 g/mol. The van der Waals surface area contributed by atoms with E-state index in [0.717, 1.165) is 38.4 Å². The van der Waals surface area contributed by atoms with E-state index in [1.54, 1.807) is 6.07 Å². The Morgan fingerprint density at radius 2 is 2.00 bits per heavy atom. The van der Waals surface area contributed by atoms with Crippen LogP contribution >= 0.6 is 27.5 Å². The molecule has 1 N–H and O–H groups in total. The second kappa shape index (κ2) is 6.34. The van der Waals surface area contributed by atoms with Crippen molar-refractivity contribution in [2.45, 2.75) is 19.5 Å². The van der Waals surface area contributed by atoms with E-state index in [1.165, 1.54) is 12.1 Å². The first-order valence-corrected chi connectivity index (χ1v) is 7.89. The molecule has 2 aromatic carbocycles. The van der Waals surface area contributed by atoms with Crippen molar-refractivity contribution in [3.8, 4) is 5.75 Å². The van der Waals surface area contributed by atoms with E-state index in [0.29, 0.717) is 19.7 Å². The van der Waals surface area contributed by atoms with Crippen LogP contribution in [0.5, 0.6) is 5.75 Å². The Labute approximate surface area is 136 Å². The van der Waals surface area contributed by atoms with Crippen LogP contribution in [0.25, 0.3) is 0 Å². The van der Waals surface area contributed by atoms with Crippen LogP contribution in [0.3, 0.4) is 0 Å². The van der Waals surface area contributed by atoms with Gasteiger partial charge in [0.2, 0.25) is 0 Å². The zero-order chi connectivity index (χ0) is 14.8. The van der Waals surface area contributed by atoms with E-state index in [2.05, 4.69) is 21.2 Å². The average molecular weight is 371 g/mol. The van der Waals surface area contributed by atoms with Crippen LogP contribution in [0.4, 0.5) is 4.39 Å². The van der Waals surface area contributed by atoms with Crippen LogP contribution < -0.4 is 10.1 Å². The molecule has 0 atom stereocenters. The number of hydrogen-bond donors (Lipinski definition) is 1. The van der Waals surface area contributed by atoms with E-state index < -0.39 is 0 Å². The van der Waals surface area contributed by atoms with Gasteiger partial charge in [-0.25, -0.2) is 4.39 Å². The zero-order valence-electron chi connectivity index (χ0n) is 11.3. The van der Waals surface area contributed by atoms with E-state index >= 15 is 0 Å². The van der Waals surface area contributed by atoms with Crippen molar-refractivity contribution in [3.63, 3.8) is 0 Å². The number of ether oxygens (including phenoxy) is 1. The minimum Gasteiger partial charge on any atom is -0.493 e. The first-order chi connectivity index (χ1) is 10.1. The van der Waals surface area contributed by atoms with Gasteiger partial charge in [-0.15, -0.1) is 0 Å². The standard InChI is InChI=1S/C16H14BrClFNO/c17-15-2-1-14(19)7-11(15)8-20-9-12-6-13(18)5-10-3-4-21-16(10)12/h1-2,5-7,20H,3-4,8-9H2. The third-order valence-corrected chi connectivity index (χ3v) is 4.46. The molecule has 0 aliphatic carbocycles. The van der Waals surface area contributed by atoms with Crippen molar-refractivity contribution >= 4 is 27.5 Å². The fraction of sp³-hybridized carbons (Fsp3) is 0.250. The third kappa shape index (κ3) is 3.39. The highest BCUT2D eigenvalue weighted by atomic mass is 79.9. The van der Waals surface area contributed by atoms with E-state index in [9.17, 15) is 4.39 Å². The average Bonchev–Trinajstić information content (AvgIpc) is 2.90. The van der Waals surface area contributed by atoms with Gasteiger partial charge in [0.15, 0.2) is 0 Å². The summed E-state index contributed by atoms with van der Waals surface area (Å²) in [6.45, 7) is 1.91. The van der Waals surface area contributed by atoms with Gasteiger partial charge in [-0.3, -0.25) is 0 Å². The lowest BCUT2D eigenvalue weighted by atomic mass is 10.1. The number of hydrogen-bond acceptors (Lipinski definition) is 2. The number of benzene rings is 2. The van der Waals surface area contributed by atoms with Gasteiger partial charge in [0, 0.05) is 34.6 Å². The first kappa shape index (κ1) is 14.8. The van der Waals surface area contributed by atoms with Crippen LogP contribution in [0.15, 0.2) is 34.8 Å². The molecule has 0 radical (unpaired) electrons. The molecule has 1 aliphatic rings. The minimum absolute atomic E-state index is 0.234. The molecule has 0 unspecified atom stereocenters. The molecule has 0 spiro atoms. The van der Waals surface area contributed by atoms with Crippen molar-refractivity contribution in [1.29, 1.82) is 0 Å². The summed E-state index contributed by atoms with van der Waals surface area (Å²) in [5.74, 6) is 0.701. The SMILES string of the molecule is Fc1ccc(Br)c(CNCc2cc(Cl)cc3c2OCC3)c1. The number of halogens is 3. The van der Waals surface area contributed by atoms with Gasteiger partial charge in [0.1, 0.15) is 11.6 Å². The summed E-state index contributed by atoms with van der Waals surface area (Å²) < 4.78 is 19.8. The number of nitrogens with one attached hydrogen (secondary N) is 1. The fourth-order valence-electron chi connectivity index (χ4n) is 2.49. The van der Waals surface area contributed by atoms with Crippen molar-refractivity contribution in [2.24, 2.45) is 0 Å². The largest absolute Gasteiger partial charge is 0.493 e. The first-order valence-electron chi connectivity index (χ1n) is 6.72. The Kier molecular flexibility index (Phi) is 4.48. The van der Waals surface area contributed by atoms with Crippen molar-refractivity contribution in [1.82, 2.24) is 5.32 Å². The molecule has 0 aromatic heterocycles. The molecule has 0 bridgehead atoms. The predicted octanol–water partition coefficient (Wildman–Crippen LogP) is 4.47. The van der Waals surface area contributed by atoms with Crippen LogP contribution in [0, 0.1) is 5.82 Å². The summed E-state index contributed by atoms with van der Waals surface area (Å²) in [5, 5.41) is 4.03. The number of rotatable bonds is 4. The molecule has 1 heterocycles. The van der Waals surface area contributed by atoms with E-state index in [1.807, 2.05) is 12.1 Å². The number of fused-ring (bicyclic) bond motifs is 1. The maximum absolute atomic E-state index is 13.2. The molecule has 5 heteroatoms. The molecule has 1 aliphatic heterocycles. The Bertz CT molecular complexity index is 678. The van der Waals surface area contributed by atoms with Crippen molar-refractivity contribution in [3.05, 3.63) is 62.3 Å². The van der Waals surface area contributed by atoms with Gasteiger partial charge in [-0.05, 0) is 41.5 Å². The Morgan fingerprint density at radius 3 is 2.86 bits per heavy atom. The smallest absolute Gasteiger partial charge is 0.127 e. The summed E-state index contributed by atoms with van der Waals surface area (Å²) in [6, 6.07) is 8.55. The Hall–Kier alpha value is -1.10. The predicted molar refractivity (Wildman–Crippen MR) is 85.3 cm³/mol. The van der Waals surface area contributed by atoms with Crippen LogP contribution in [-0.4, -0.2) is 6.61 Å². The molecule has 0 saturated heterocycles. The summed E-state index contributed by atoms with van der Waals surface area (Å²) in [6.07, 6.45) is 0.901. The second-order valence-electron chi connectivity index (χ2n) is 4.99. The molecular formula is C16H14BrClFNO.